The molecule has 2 aromatic carbocycles. The van der Waals surface area contributed by atoms with Gasteiger partial charge in [-0.3, -0.25) is 0 Å². The third kappa shape index (κ3) is 4.04. The van der Waals surface area contributed by atoms with Crippen LogP contribution in [0.5, 0.6) is 0 Å². The molecule has 1 aliphatic carbocycles. The summed E-state index contributed by atoms with van der Waals surface area (Å²) in [6, 6.07) is 15.2. The molecule has 0 bridgehead atoms. The summed E-state index contributed by atoms with van der Waals surface area (Å²) in [5.74, 6) is 0.672. The van der Waals surface area contributed by atoms with Crippen LogP contribution in [0.15, 0.2) is 47.5 Å². The summed E-state index contributed by atoms with van der Waals surface area (Å²) in [5.41, 5.74) is 12.4. The van der Waals surface area contributed by atoms with E-state index in [9.17, 15) is 0 Å². The molecule has 126 valence electrons. The van der Waals surface area contributed by atoms with Crippen molar-refractivity contribution in [2.45, 2.75) is 38.6 Å². The van der Waals surface area contributed by atoms with Gasteiger partial charge in [0.05, 0.1) is 12.0 Å². The summed E-state index contributed by atoms with van der Waals surface area (Å²) in [6.07, 6.45) is 5.42. The molecule has 2 N–H and O–H groups in total. The van der Waals surface area contributed by atoms with Crippen molar-refractivity contribution in [3.63, 3.8) is 0 Å². The fourth-order valence-corrected chi connectivity index (χ4v) is 2.94. The summed E-state index contributed by atoms with van der Waals surface area (Å²) in [5, 5.41) is 0. The van der Waals surface area contributed by atoms with Crippen LogP contribution in [0.2, 0.25) is 0 Å². The number of nitrogens with zero attached hydrogens (tertiary/aromatic N) is 2. The molecule has 0 amide bonds. The Labute approximate surface area is 145 Å². The predicted octanol–water partition coefficient (Wildman–Crippen LogP) is 4.23. The van der Waals surface area contributed by atoms with Gasteiger partial charge in [0.1, 0.15) is 0 Å². The second-order valence-electron chi connectivity index (χ2n) is 6.64. The Hall–Kier alpha value is -2.13. The summed E-state index contributed by atoms with van der Waals surface area (Å²) >= 11 is 0. The van der Waals surface area contributed by atoms with Crippen LogP contribution in [0.25, 0.3) is 0 Å². The van der Waals surface area contributed by atoms with Crippen molar-refractivity contribution in [1.29, 1.82) is 0 Å². The molecule has 24 heavy (non-hydrogen) atoms. The van der Waals surface area contributed by atoms with Crippen LogP contribution in [0.3, 0.4) is 0 Å². The van der Waals surface area contributed by atoms with E-state index in [-0.39, 0.29) is 0 Å². The molecule has 3 rings (SSSR count). The lowest BCUT2D eigenvalue weighted by molar-refractivity contribution is 0.552. The number of benzene rings is 2. The molecular formula is C21H27N3. The summed E-state index contributed by atoms with van der Waals surface area (Å²) < 4.78 is 0. The van der Waals surface area contributed by atoms with Crippen LogP contribution in [-0.4, -0.2) is 24.8 Å². The van der Waals surface area contributed by atoms with Crippen molar-refractivity contribution < 1.29 is 0 Å². The van der Waals surface area contributed by atoms with Crippen molar-refractivity contribution in [3.05, 3.63) is 64.7 Å². The second kappa shape index (κ2) is 7.63. The summed E-state index contributed by atoms with van der Waals surface area (Å²) in [6.45, 7) is 3.64. The highest BCUT2D eigenvalue weighted by Crippen LogP contribution is 2.45. The Balaban J connectivity index is 1.95. The van der Waals surface area contributed by atoms with Crippen molar-refractivity contribution in [1.82, 2.24) is 4.90 Å². The Morgan fingerprint density at radius 1 is 1.17 bits per heavy atom. The van der Waals surface area contributed by atoms with Gasteiger partial charge >= 0.3 is 0 Å². The first kappa shape index (κ1) is 16.7. The van der Waals surface area contributed by atoms with Crippen molar-refractivity contribution in [2.24, 2.45) is 10.7 Å². The molecule has 1 fully saturated rings. The first-order valence-electron chi connectivity index (χ1n) is 8.85. The number of hydrogen-bond donors (Lipinski definition) is 1. The third-order valence-electron chi connectivity index (χ3n) is 4.72. The smallest absolute Gasteiger partial charge is 0.0909 e. The first-order valence-corrected chi connectivity index (χ1v) is 8.85. The van der Waals surface area contributed by atoms with Gasteiger partial charge in [-0.05, 0) is 60.4 Å². The first-order chi connectivity index (χ1) is 11.7. The maximum atomic E-state index is 6.03. The Bertz CT molecular complexity index is 703. The van der Waals surface area contributed by atoms with E-state index in [2.05, 4.69) is 54.3 Å². The van der Waals surface area contributed by atoms with Crippen LogP contribution in [0.1, 0.15) is 47.9 Å². The standard InChI is InChI=1S/C21H27N3/c1-3-24(2)15-23-21-13-19(14-22)18(12-20(21)17-9-10-17)11-16-7-5-4-6-8-16/h4-8,12-13,15,17H,3,9-11,14,22H2,1-2H3. The van der Waals surface area contributed by atoms with E-state index in [1.165, 1.54) is 35.1 Å². The Kier molecular flexibility index (Phi) is 5.31. The topological polar surface area (TPSA) is 41.6 Å². The number of nitrogens with two attached hydrogens (primary N) is 1. The minimum absolute atomic E-state index is 0.555. The van der Waals surface area contributed by atoms with Crippen LogP contribution in [0.4, 0.5) is 5.69 Å². The van der Waals surface area contributed by atoms with Crippen LogP contribution in [-0.2, 0) is 13.0 Å². The zero-order valence-electron chi connectivity index (χ0n) is 14.7. The molecule has 3 heteroatoms. The van der Waals surface area contributed by atoms with Gasteiger partial charge in [0.2, 0.25) is 0 Å². The highest BCUT2D eigenvalue weighted by molar-refractivity contribution is 5.65. The van der Waals surface area contributed by atoms with E-state index in [1.54, 1.807) is 0 Å². The normalized spacial score (nSPS) is 14.3. The zero-order valence-corrected chi connectivity index (χ0v) is 14.7. The minimum atomic E-state index is 0.555. The van der Waals surface area contributed by atoms with E-state index in [1.807, 2.05) is 13.4 Å². The van der Waals surface area contributed by atoms with Gasteiger partial charge in [-0.1, -0.05) is 36.4 Å². The van der Waals surface area contributed by atoms with Gasteiger partial charge in [0, 0.05) is 20.1 Å². The second-order valence-corrected chi connectivity index (χ2v) is 6.64. The van der Waals surface area contributed by atoms with Gasteiger partial charge in [-0.15, -0.1) is 0 Å². The minimum Gasteiger partial charge on any atom is -0.366 e. The lowest BCUT2D eigenvalue weighted by atomic mass is 9.94. The SMILES string of the molecule is CCN(C)C=Nc1cc(CN)c(Cc2ccccc2)cc1C1CC1. The maximum absolute atomic E-state index is 6.03. The molecule has 0 saturated heterocycles. The monoisotopic (exact) mass is 321 g/mol. The van der Waals surface area contributed by atoms with Crippen molar-refractivity contribution >= 4 is 12.0 Å². The maximum Gasteiger partial charge on any atom is 0.0909 e. The van der Waals surface area contributed by atoms with Gasteiger partial charge in [-0.25, -0.2) is 4.99 Å². The summed E-state index contributed by atoms with van der Waals surface area (Å²) in [7, 11) is 2.05. The van der Waals surface area contributed by atoms with Gasteiger partial charge in [-0.2, -0.15) is 0 Å². The lowest BCUT2D eigenvalue weighted by Crippen LogP contribution is -2.14. The molecule has 1 aliphatic rings. The molecule has 0 radical (unpaired) electrons. The molecule has 0 aliphatic heterocycles. The number of hydrogen-bond acceptors (Lipinski definition) is 2. The molecule has 3 nitrogen and oxygen atoms in total. The highest BCUT2D eigenvalue weighted by atomic mass is 15.1. The fraction of sp³-hybridized carbons (Fsp3) is 0.381. The summed E-state index contributed by atoms with van der Waals surface area (Å²) in [4.78, 5) is 6.83. The molecule has 2 aromatic rings. The third-order valence-corrected chi connectivity index (χ3v) is 4.72. The number of rotatable bonds is 7. The molecule has 1 saturated carbocycles. The molecule has 0 heterocycles. The number of aliphatic imine (C=N–C) groups is 1. The van der Waals surface area contributed by atoms with E-state index < -0.39 is 0 Å². The van der Waals surface area contributed by atoms with Gasteiger partial charge in [0.15, 0.2) is 0 Å². The fourth-order valence-electron chi connectivity index (χ4n) is 2.94. The lowest BCUT2D eigenvalue weighted by Gasteiger charge is -2.15. The van der Waals surface area contributed by atoms with E-state index in [4.69, 9.17) is 10.7 Å². The largest absolute Gasteiger partial charge is 0.366 e. The van der Waals surface area contributed by atoms with E-state index >= 15 is 0 Å². The molecular weight excluding hydrogens is 294 g/mol. The Morgan fingerprint density at radius 3 is 2.54 bits per heavy atom. The van der Waals surface area contributed by atoms with E-state index in [0.717, 1.165) is 18.7 Å². The predicted molar refractivity (Wildman–Crippen MR) is 102 cm³/mol. The highest BCUT2D eigenvalue weighted by Gasteiger charge is 2.27. The Morgan fingerprint density at radius 2 is 1.92 bits per heavy atom. The average Bonchev–Trinajstić information content (AvgIpc) is 3.45. The quantitative estimate of drug-likeness (QED) is 0.612. The van der Waals surface area contributed by atoms with E-state index in [0.29, 0.717) is 12.5 Å². The van der Waals surface area contributed by atoms with Gasteiger partial charge < -0.3 is 10.6 Å². The average molecular weight is 321 g/mol. The van der Waals surface area contributed by atoms with Gasteiger partial charge in [0.25, 0.3) is 0 Å². The van der Waals surface area contributed by atoms with Crippen LogP contribution >= 0.6 is 0 Å². The molecule has 0 atom stereocenters. The van der Waals surface area contributed by atoms with Crippen LogP contribution in [0, 0.1) is 0 Å². The van der Waals surface area contributed by atoms with Crippen LogP contribution < -0.4 is 5.73 Å². The molecule has 0 unspecified atom stereocenters. The zero-order chi connectivity index (χ0) is 16.9. The molecule has 0 aromatic heterocycles. The van der Waals surface area contributed by atoms with Crippen molar-refractivity contribution in [3.8, 4) is 0 Å². The molecule has 0 spiro atoms. The van der Waals surface area contributed by atoms with Crippen molar-refractivity contribution in [2.75, 3.05) is 13.6 Å².